The Morgan fingerprint density at radius 3 is 2.45 bits per heavy atom. The number of hydrogen-bond donors (Lipinski definition) is 1. The number of anilines is 1. The molecule has 0 aromatic heterocycles. The summed E-state index contributed by atoms with van der Waals surface area (Å²) >= 11 is 0. The second-order valence-electron chi connectivity index (χ2n) is 6.34. The van der Waals surface area contributed by atoms with Crippen LogP contribution in [0.25, 0.3) is 0 Å². The van der Waals surface area contributed by atoms with Crippen LogP contribution >= 0.6 is 0 Å². The Morgan fingerprint density at radius 1 is 1.17 bits per heavy atom. The SMILES string of the molecule is COCCNc1ccc(C(=O)O[C@@H](C(=O)N(C)C)c2ccccc2)cc1[N+](=O)[O-]. The minimum atomic E-state index is -1.16. The van der Waals surface area contributed by atoms with Crippen LogP contribution in [0.3, 0.4) is 0 Å². The number of carbonyl (C=O) groups excluding carboxylic acids is 2. The van der Waals surface area contributed by atoms with Crippen molar-refractivity contribution in [3.63, 3.8) is 0 Å². The molecule has 9 nitrogen and oxygen atoms in total. The highest BCUT2D eigenvalue weighted by molar-refractivity contribution is 5.94. The summed E-state index contributed by atoms with van der Waals surface area (Å²) in [6.07, 6.45) is -1.16. The molecule has 154 valence electrons. The van der Waals surface area contributed by atoms with Gasteiger partial charge in [0.2, 0.25) is 6.10 Å². The fourth-order valence-electron chi connectivity index (χ4n) is 2.55. The molecule has 29 heavy (non-hydrogen) atoms. The maximum atomic E-state index is 12.6. The molecule has 0 aliphatic rings. The van der Waals surface area contributed by atoms with E-state index in [9.17, 15) is 19.7 Å². The number of nitro benzene ring substituents is 1. The lowest BCUT2D eigenvalue weighted by Gasteiger charge is -2.21. The first-order valence-electron chi connectivity index (χ1n) is 8.83. The molecule has 0 spiro atoms. The number of nitro groups is 1. The van der Waals surface area contributed by atoms with Crippen LogP contribution in [0.2, 0.25) is 0 Å². The van der Waals surface area contributed by atoms with Crippen molar-refractivity contribution in [1.82, 2.24) is 4.90 Å². The Balaban J connectivity index is 2.28. The minimum Gasteiger partial charge on any atom is -0.444 e. The fraction of sp³-hybridized carbons (Fsp3) is 0.300. The molecule has 1 atom stereocenters. The molecule has 0 aliphatic heterocycles. The van der Waals surface area contributed by atoms with Crippen LogP contribution < -0.4 is 5.32 Å². The largest absolute Gasteiger partial charge is 0.444 e. The number of esters is 1. The summed E-state index contributed by atoms with van der Waals surface area (Å²) in [7, 11) is 4.63. The summed E-state index contributed by atoms with van der Waals surface area (Å²) in [5.41, 5.74) is 0.465. The molecule has 0 fully saturated rings. The van der Waals surface area contributed by atoms with Crippen LogP contribution in [0.5, 0.6) is 0 Å². The standard InChI is InChI=1S/C20H23N3O6/c1-22(2)19(24)18(14-7-5-4-6-8-14)29-20(25)15-9-10-16(21-11-12-28-3)17(13-15)23(26)27/h4-10,13,18,21H,11-12H2,1-3H3/t18-/m1/s1. The summed E-state index contributed by atoms with van der Waals surface area (Å²) in [4.78, 5) is 37.3. The zero-order valence-electron chi connectivity index (χ0n) is 16.5. The van der Waals surface area contributed by atoms with E-state index in [0.717, 1.165) is 6.07 Å². The van der Waals surface area contributed by atoms with Gasteiger partial charge in [-0.2, -0.15) is 0 Å². The maximum Gasteiger partial charge on any atom is 0.339 e. The molecule has 0 bridgehead atoms. The van der Waals surface area contributed by atoms with Gasteiger partial charge >= 0.3 is 5.97 Å². The van der Waals surface area contributed by atoms with Crippen molar-refractivity contribution in [1.29, 1.82) is 0 Å². The van der Waals surface area contributed by atoms with E-state index in [1.807, 2.05) is 0 Å². The van der Waals surface area contributed by atoms with Gasteiger partial charge in [0, 0.05) is 39.4 Å². The van der Waals surface area contributed by atoms with Gasteiger partial charge in [-0.1, -0.05) is 30.3 Å². The van der Waals surface area contributed by atoms with Crippen molar-refractivity contribution in [2.24, 2.45) is 0 Å². The molecule has 0 aliphatic carbocycles. The molecule has 0 saturated heterocycles. The molecule has 0 radical (unpaired) electrons. The minimum absolute atomic E-state index is 0.0264. The summed E-state index contributed by atoms with van der Waals surface area (Å²) in [6.45, 7) is 0.737. The van der Waals surface area contributed by atoms with E-state index >= 15 is 0 Å². The number of methoxy groups -OCH3 is 1. The Bertz CT molecular complexity index is 870. The molecule has 2 aromatic rings. The van der Waals surface area contributed by atoms with E-state index in [2.05, 4.69) is 5.32 Å². The zero-order chi connectivity index (χ0) is 21.4. The molecule has 0 heterocycles. The van der Waals surface area contributed by atoms with E-state index < -0.39 is 22.9 Å². The monoisotopic (exact) mass is 401 g/mol. The van der Waals surface area contributed by atoms with Crippen LogP contribution in [0.1, 0.15) is 22.0 Å². The Hall–Kier alpha value is -3.46. The highest BCUT2D eigenvalue weighted by atomic mass is 16.6. The number of likely N-dealkylation sites (N-methyl/N-ethyl adjacent to an activating group) is 1. The van der Waals surface area contributed by atoms with Gasteiger partial charge in [-0.05, 0) is 12.1 Å². The number of nitrogens with zero attached hydrogens (tertiary/aromatic N) is 2. The molecule has 1 N–H and O–H groups in total. The predicted molar refractivity (Wildman–Crippen MR) is 107 cm³/mol. The first kappa shape index (κ1) is 21.8. The van der Waals surface area contributed by atoms with Crippen molar-refractivity contribution in [2.45, 2.75) is 6.10 Å². The Morgan fingerprint density at radius 2 is 1.86 bits per heavy atom. The maximum absolute atomic E-state index is 12.6. The molecule has 2 rings (SSSR count). The zero-order valence-corrected chi connectivity index (χ0v) is 16.5. The topological polar surface area (TPSA) is 111 Å². The third kappa shape index (κ3) is 5.76. The number of ether oxygens (including phenoxy) is 2. The average Bonchev–Trinajstić information content (AvgIpc) is 2.72. The Kier molecular flexibility index (Phi) is 7.67. The third-order valence-corrected chi connectivity index (χ3v) is 4.04. The van der Waals surface area contributed by atoms with E-state index in [4.69, 9.17) is 9.47 Å². The van der Waals surface area contributed by atoms with Crippen LogP contribution in [0.15, 0.2) is 48.5 Å². The first-order valence-corrected chi connectivity index (χ1v) is 8.83. The fourth-order valence-corrected chi connectivity index (χ4v) is 2.55. The normalized spacial score (nSPS) is 11.4. The highest BCUT2D eigenvalue weighted by Gasteiger charge is 2.28. The second kappa shape index (κ2) is 10.2. The highest BCUT2D eigenvalue weighted by Crippen LogP contribution is 2.27. The molecule has 9 heteroatoms. The summed E-state index contributed by atoms with van der Waals surface area (Å²) in [5.74, 6) is -1.25. The molecular weight excluding hydrogens is 378 g/mol. The Labute approximate surface area is 168 Å². The molecule has 2 aromatic carbocycles. The van der Waals surface area contributed by atoms with E-state index in [1.165, 1.54) is 24.1 Å². The third-order valence-electron chi connectivity index (χ3n) is 4.04. The van der Waals surface area contributed by atoms with E-state index in [-0.39, 0.29) is 16.9 Å². The quantitative estimate of drug-likeness (QED) is 0.298. The van der Waals surface area contributed by atoms with Gasteiger partial charge < -0.3 is 19.7 Å². The molecule has 0 saturated carbocycles. The number of hydrogen-bond acceptors (Lipinski definition) is 7. The summed E-state index contributed by atoms with van der Waals surface area (Å²) < 4.78 is 10.3. The number of rotatable bonds is 9. The summed E-state index contributed by atoms with van der Waals surface area (Å²) in [5, 5.41) is 14.3. The number of nitrogens with one attached hydrogen (secondary N) is 1. The van der Waals surface area contributed by atoms with Crippen LogP contribution in [-0.2, 0) is 14.3 Å². The van der Waals surface area contributed by atoms with Gasteiger partial charge in [0.05, 0.1) is 17.1 Å². The van der Waals surface area contributed by atoms with Gasteiger partial charge in [-0.15, -0.1) is 0 Å². The van der Waals surface area contributed by atoms with Crippen molar-refractivity contribution in [2.75, 3.05) is 39.7 Å². The van der Waals surface area contributed by atoms with Crippen LogP contribution in [0, 0.1) is 10.1 Å². The van der Waals surface area contributed by atoms with Gasteiger partial charge in [-0.3, -0.25) is 14.9 Å². The van der Waals surface area contributed by atoms with E-state index in [1.54, 1.807) is 44.4 Å². The van der Waals surface area contributed by atoms with Crippen molar-refractivity contribution in [3.8, 4) is 0 Å². The number of benzene rings is 2. The molecular formula is C20H23N3O6. The van der Waals surface area contributed by atoms with Crippen LogP contribution in [0.4, 0.5) is 11.4 Å². The molecule has 0 unspecified atom stereocenters. The molecule has 1 amide bonds. The van der Waals surface area contributed by atoms with Crippen molar-refractivity contribution < 1.29 is 24.0 Å². The average molecular weight is 401 g/mol. The van der Waals surface area contributed by atoms with E-state index in [0.29, 0.717) is 18.7 Å². The smallest absolute Gasteiger partial charge is 0.339 e. The van der Waals surface area contributed by atoms with Crippen LogP contribution in [-0.4, -0.2) is 56.1 Å². The lowest BCUT2D eigenvalue weighted by Crippen LogP contribution is -2.31. The second-order valence-corrected chi connectivity index (χ2v) is 6.34. The summed E-state index contributed by atoms with van der Waals surface area (Å²) in [6, 6.07) is 12.5. The van der Waals surface area contributed by atoms with Gasteiger partial charge in [-0.25, -0.2) is 4.79 Å². The van der Waals surface area contributed by atoms with Gasteiger partial charge in [0.1, 0.15) is 5.69 Å². The number of carbonyl (C=O) groups is 2. The van der Waals surface area contributed by atoms with Crippen molar-refractivity contribution >= 4 is 23.3 Å². The number of amides is 1. The van der Waals surface area contributed by atoms with Crippen molar-refractivity contribution in [3.05, 3.63) is 69.8 Å². The predicted octanol–water partition coefficient (Wildman–Crippen LogP) is 2.64. The lowest BCUT2D eigenvalue weighted by molar-refractivity contribution is -0.384. The lowest BCUT2D eigenvalue weighted by atomic mass is 10.1. The van der Waals surface area contributed by atoms with Gasteiger partial charge in [0.25, 0.3) is 11.6 Å². The van der Waals surface area contributed by atoms with Gasteiger partial charge in [0.15, 0.2) is 0 Å². The first-order chi connectivity index (χ1) is 13.8.